The van der Waals surface area contributed by atoms with E-state index in [2.05, 4.69) is 13.8 Å². The number of aliphatic hydroxyl groups excluding tert-OH is 3. The fraction of sp³-hybridized carbons (Fsp3) is 0.951. The van der Waals surface area contributed by atoms with E-state index in [9.17, 15) is 24.9 Å². The molecule has 0 aromatic heterocycles. The van der Waals surface area contributed by atoms with E-state index in [1.807, 2.05) is 0 Å². The number of amides is 1. The smallest absolute Gasteiger partial charge is 0.227 e. The molecular formula is C41H82ClN3O6. The van der Waals surface area contributed by atoms with Gasteiger partial charge >= 0.3 is 0 Å². The number of halogens is 1. The molecule has 1 saturated heterocycles. The summed E-state index contributed by atoms with van der Waals surface area (Å²) in [4.78, 5) is 27.5. The van der Waals surface area contributed by atoms with Crippen molar-refractivity contribution >= 4 is 24.1 Å². The zero-order valence-corrected chi connectivity index (χ0v) is 34.0. The minimum absolute atomic E-state index is 0. The molecule has 0 saturated carbocycles. The van der Waals surface area contributed by atoms with Crippen LogP contribution in [0.1, 0.15) is 207 Å². The van der Waals surface area contributed by atoms with E-state index >= 15 is 0 Å². The molecule has 1 aliphatic rings. The normalized spacial score (nSPS) is 22.4. The van der Waals surface area contributed by atoms with Crippen molar-refractivity contribution in [1.29, 1.82) is 0 Å². The first-order chi connectivity index (χ1) is 24.1. The molecule has 0 aromatic carbocycles. The lowest BCUT2D eigenvalue weighted by Crippen LogP contribution is -2.76. The number of nitrogens with two attached hydrogens (primary N) is 2. The minimum Gasteiger partial charge on any atom is -0.388 e. The van der Waals surface area contributed by atoms with E-state index in [0.29, 0.717) is 12.8 Å². The van der Waals surface area contributed by atoms with Crippen molar-refractivity contribution in [2.45, 2.75) is 243 Å². The largest absolute Gasteiger partial charge is 0.388 e. The molecule has 0 spiro atoms. The quantitative estimate of drug-likeness (QED) is 0.0330. The highest BCUT2D eigenvalue weighted by Crippen LogP contribution is 2.32. The van der Waals surface area contributed by atoms with E-state index in [-0.39, 0.29) is 43.5 Å². The van der Waals surface area contributed by atoms with Gasteiger partial charge in [-0.05, 0) is 19.8 Å². The average molecular weight is 749 g/mol. The Labute approximate surface area is 319 Å². The van der Waals surface area contributed by atoms with Gasteiger partial charge < -0.3 is 25.8 Å². The Kier molecular flexibility index (Phi) is 31.0. The van der Waals surface area contributed by atoms with E-state index in [1.165, 1.54) is 127 Å². The molecule has 9 nitrogen and oxygen atoms in total. The monoisotopic (exact) mass is 748 g/mol. The zero-order valence-electron chi connectivity index (χ0n) is 33.2. The van der Waals surface area contributed by atoms with E-state index in [1.54, 1.807) is 6.92 Å². The Morgan fingerprint density at radius 3 is 1.35 bits per heavy atom. The SMILES string of the molecule is CCCCCCCCCCCCCCCCCC(=O)N(CCCCCCCCCCCCCC)[C@]1(N)O[C@H](CC(=O)[C@H](C)N)[C@@H](O)[C@H](O)[C@H]1O.Cl. The van der Waals surface area contributed by atoms with Crippen LogP contribution in [0, 0.1) is 0 Å². The molecule has 7 N–H and O–H groups in total. The van der Waals surface area contributed by atoms with Gasteiger partial charge in [0, 0.05) is 19.4 Å². The summed E-state index contributed by atoms with van der Waals surface area (Å²) in [5.74, 6) is -2.67. The number of carbonyl (C=O) groups excluding carboxylic acids is 2. The highest BCUT2D eigenvalue weighted by molar-refractivity contribution is 5.85. The third-order valence-corrected chi connectivity index (χ3v) is 10.7. The molecule has 1 amide bonds. The first-order valence-corrected chi connectivity index (χ1v) is 21.2. The number of rotatable bonds is 33. The first kappa shape index (κ1) is 50.2. The van der Waals surface area contributed by atoms with Crippen molar-refractivity contribution in [2.24, 2.45) is 11.5 Å². The van der Waals surface area contributed by atoms with Gasteiger partial charge in [-0.3, -0.25) is 20.2 Å². The molecule has 0 bridgehead atoms. The van der Waals surface area contributed by atoms with Crippen LogP contribution in [-0.2, 0) is 14.3 Å². The third kappa shape index (κ3) is 21.6. The molecule has 304 valence electrons. The van der Waals surface area contributed by atoms with Gasteiger partial charge in [-0.15, -0.1) is 12.4 Å². The number of aliphatic hydroxyl groups is 3. The molecule has 0 aromatic rings. The maximum Gasteiger partial charge on any atom is 0.227 e. The van der Waals surface area contributed by atoms with Gasteiger partial charge in [0.2, 0.25) is 11.8 Å². The lowest BCUT2D eigenvalue weighted by molar-refractivity contribution is -0.309. The van der Waals surface area contributed by atoms with Gasteiger partial charge in [0.1, 0.15) is 18.3 Å². The van der Waals surface area contributed by atoms with Gasteiger partial charge in [0.15, 0.2) is 5.78 Å². The van der Waals surface area contributed by atoms with E-state index < -0.39 is 36.3 Å². The number of Topliss-reactive ketones (excluding diaryl/α,β-unsaturated/α-hetero) is 1. The van der Waals surface area contributed by atoms with Crippen molar-refractivity contribution in [3.63, 3.8) is 0 Å². The predicted molar refractivity (Wildman–Crippen MR) is 213 cm³/mol. The van der Waals surface area contributed by atoms with E-state index in [4.69, 9.17) is 16.2 Å². The van der Waals surface area contributed by atoms with Crippen molar-refractivity contribution in [3.05, 3.63) is 0 Å². The molecule has 0 aliphatic carbocycles. The summed E-state index contributed by atoms with van der Waals surface area (Å²) in [5.41, 5.74) is 12.4. The molecule has 0 unspecified atom stereocenters. The summed E-state index contributed by atoms with van der Waals surface area (Å²) in [7, 11) is 0. The van der Waals surface area contributed by atoms with Gasteiger partial charge in [0.05, 0.1) is 12.1 Å². The molecule has 10 heteroatoms. The van der Waals surface area contributed by atoms with Crippen LogP contribution in [0.4, 0.5) is 0 Å². The number of hydrogen-bond acceptors (Lipinski definition) is 8. The van der Waals surface area contributed by atoms with E-state index in [0.717, 1.165) is 38.5 Å². The maximum absolute atomic E-state index is 13.7. The summed E-state index contributed by atoms with van der Waals surface area (Å²) in [6.45, 7) is 6.30. The summed E-state index contributed by atoms with van der Waals surface area (Å²) in [6.07, 6.45) is 26.5. The highest BCUT2D eigenvalue weighted by Gasteiger charge is 2.56. The van der Waals surface area contributed by atoms with Crippen molar-refractivity contribution < 1.29 is 29.6 Å². The summed E-state index contributed by atoms with van der Waals surface area (Å²) < 4.78 is 6.01. The second kappa shape index (κ2) is 31.5. The van der Waals surface area contributed by atoms with Gasteiger partial charge in [-0.1, -0.05) is 174 Å². The van der Waals surface area contributed by atoms with Crippen LogP contribution in [0.15, 0.2) is 0 Å². The Bertz CT molecular complexity index is 852. The zero-order chi connectivity index (χ0) is 37.0. The Balaban J connectivity index is 0.0000250. The number of ketones is 1. The molecule has 1 heterocycles. The van der Waals surface area contributed by atoms with Crippen molar-refractivity contribution in [1.82, 2.24) is 4.90 Å². The number of nitrogens with zero attached hydrogens (tertiary/aromatic N) is 1. The Morgan fingerprint density at radius 2 is 0.980 bits per heavy atom. The Morgan fingerprint density at radius 1 is 0.627 bits per heavy atom. The van der Waals surface area contributed by atoms with Gasteiger partial charge in [-0.25, -0.2) is 0 Å². The van der Waals surface area contributed by atoms with Crippen LogP contribution < -0.4 is 11.5 Å². The first-order valence-electron chi connectivity index (χ1n) is 21.2. The molecular weight excluding hydrogens is 666 g/mol. The predicted octanol–water partition coefficient (Wildman–Crippen LogP) is 8.60. The second-order valence-electron chi connectivity index (χ2n) is 15.4. The third-order valence-electron chi connectivity index (χ3n) is 10.7. The molecule has 1 aliphatic heterocycles. The molecule has 1 fully saturated rings. The average Bonchev–Trinajstić information content (AvgIpc) is 3.09. The van der Waals surface area contributed by atoms with Crippen molar-refractivity contribution in [2.75, 3.05) is 6.54 Å². The minimum atomic E-state index is -2.06. The molecule has 0 radical (unpaired) electrons. The fourth-order valence-corrected chi connectivity index (χ4v) is 7.19. The van der Waals surface area contributed by atoms with Gasteiger partial charge in [0.25, 0.3) is 0 Å². The fourth-order valence-electron chi connectivity index (χ4n) is 7.19. The lowest BCUT2D eigenvalue weighted by atomic mass is 9.90. The lowest BCUT2D eigenvalue weighted by Gasteiger charge is -2.51. The van der Waals surface area contributed by atoms with Crippen LogP contribution in [0.2, 0.25) is 0 Å². The van der Waals surface area contributed by atoms with Crippen LogP contribution in [-0.4, -0.2) is 74.8 Å². The van der Waals surface area contributed by atoms with Crippen LogP contribution in [0.3, 0.4) is 0 Å². The number of carbonyl (C=O) groups is 2. The number of hydrogen-bond donors (Lipinski definition) is 5. The summed E-state index contributed by atoms with van der Waals surface area (Å²) >= 11 is 0. The molecule has 6 atom stereocenters. The summed E-state index contributed by atoms with van der Waals surface area (Å²) in [6, 6.07) is -0.786. The van der Waals surface area contributed by atoms with Gasteiger partial charge in [-0.2, -0.15) is 0 Å². The van der Waals surface area contributed by atoms with Crippen LogP contribution >= 0.6 is 12.4 Å². The second-order valence-corrected chi connectivity index (χ2v) is 15.4. The molecule has 1 rings (SSSR count). The number of ether oxygens (including phenoxy) is 1. The molecule has 51 heavy (non-hydrogen) atoms. The maximum atomic E-state index is 13.7. The highest BCUT2D eigenvalue weighted by atomic mass is 35.5. The number of unbranched alkanes of at least 4 members (excludes halogenated alkanes) is 25. The standard InChI is InChI=1S/C41H81N3O6.ClH/c1-4-6-8-10-12-14-16-18-19-20-21-23-25-27-29-31-37(46)44(32-30-28-26-24-22-17-15-13-11-9-7-5-2)41(43)40(49)39(48)38(47)36(50-41)33-35(45)34(3)42;/h34,36,38-40,47-49H,4-33,42-43H2,1-3H3;1H/t34-,36+,38+,39-,40+,41-;/m0./s1. The van der Waals surface area contributed by atoms with Crippen LogP contribution in [0.25, 0.3) is 0 Å². The summed E-state index contributed by atoms with van der Waals surface area (Å²) in [5, 5.41) is 32.5. The topological polar surface area (TPSA) is 159 Å². The van der Waals surface area contributed by atoms with Crippen molar-refractivity contribution in [3.8, 4) is 0 Å². The van der Waals surface area contributed by atoms with Crippen LogP contribution in [0.5, 0.6) is 0 Å². The Hall–Kier alpha value is -0.810.